The van der Waals surface area contributed by atoms with Crippen molar-refractivity contribution in [3.8, 4) is 23.2 Å². The molecule has 0 amide bonds. The van der Waals surface area contributed by atoms with Gasteiger partial charge >= 0.3 is 0 Å². The first kappa shape index (κ1) is 10.3. The van der Waals surface area contributed by atoms with Gasteiger partial charge in [0.2, 0.25) is 5.82 Å². The molecule has 5 heteroatoms. The second-order valence-corrected chi connectivity index (χ2v) is 3.09. The van der Waals surface area contributed by atoms with Crippen molar-refractivity contribution in [3.05, 3.63) is 29.8 Å². The van der Waals surface area contributed by atoms with Gasteiger partial charge < -0.3 is 5.11 Å². The first-order valence-electron chi connectivity index (χ1n) is 4.84. The van der Waals surface area contributed by atoms with Crippen LogP contribution in [0.5, 0.6) is 0 Å². The molecule has 0 aliphatic carbocycles. The van der Waals surface area contributed by atoms with Gasteiger partial charge in [0.1, 0.15) is 0 Å². The van der Waals surface area contributed by atoms with Crippen molar-refractivity contribution in [1.29, 1.82) is 0 Å². The molecule has 80 valence electrons. The Labute approximate surface area is 92.5 Å². The van der Waals surface area contributed by atoms with Gasteiger partial charge in [-0.1, -0.05) is 11.8 Å². The van der Waals surface area contributed by atoms with E-state index in [-0.39, 0.29) is 6.61 Å². The van der Waals surface area contributed by atoms with Crippen molar-refractivity contribution in [1.82, 2.24) is 20.6 Å². The predicted octanol–water partition coefficient (Wildman–Crippen LogP) is 0.601. The first-order valence-corrected chi connectivity index (χ1v) is 4.84. The summed E-state index contributed by atoms with van der Waals surface area (Å²) in [5.74, 6) is 6.36. The van der Waals surface area contributed by atoms with Gasteiger partial charge in [0.25, 0.3) is 0 Å². The second-order valence-electron chi connectivity index (χ2n) is 3.09. The number of aliphatic hydroxyl groups is 1. The largest absolute Gasteiger partial charge is 0.395 e. The maximum atomic E-state index is 8.58. The Hall–Kier alpha value is -2.19. The minimum atomic E-state index is 0.0912. The van der Waals surface area contributed by atoms with Crippen molar-refractivity contribution >= 4 is 0 Å². The predicted molar refractivity (Wildman–Crippen MR) is 58.2 cm³/mol. The molecule has 0 fully saturated rings. The lowest BCUT2D eigenvalue weighted by atomic mass is 10.1. The molecule has 0 unspecified atom stereocenters. The summed E-state index contributed by atoms with van der Waals surface area (Å²) in [6, 6.07) is 7.54. The Balaban J connectivity index is 2.15. The zero-order valence-corrected chi connectivity index (χ0v) is 8.51. The van der Waals surface area contributed by atoms with E-state index >= 15 is 0 Å². The number of rotatable bonds is 2. The van der Waals surface area contributed by atoms with Crippen LogP contribution < -0.4 is 0 Å². The summed E-state index contributed by atoms with van der Waals surface area (Å²) >= 11 is 0. The van der Waals surface area contributed by atoms with E-state index in [0.717, 1.165) is 11.1 Å². The van der Waals surface area contributed by atoms with E-state index in [2.05, 4.69) is 32.5 Å². The van der Waals surface area contributed by atoms with Crippen LogP contribution in [0, 0.1) is 11.8 Å². The van der Waals surface area contributed by atoms with E-state index in [1.807, 2.05) is 24.3 Å². The molecule has 1 heterocycles. The van der Waals surface area contributed by atoms with Crippen LogP contribution >= 0.6 is 0 Å². The number of aromatic nitrogens is 4. The fraction of sp³-hybridized carbons (Fsp3) is 0.182. The van der Waals surface area contributed by atoms with Gasteiger partial charge in [-0.25, -0.2) is 0 Å². The summed E-state index contributed by atoms with van der Waals surface area (Å²) in [5.41, 5.74) is 1.79. The highest BCUT2D eigenvalue weighted by molar-refractivity contribution is 5.55. The van der Waals surface area contributed by atoms with Crippen molar-refractivity contribution in [2.75, 3.05) is 6.61 Å². The molecular formula is C11H10N4O. The molecule has 2 N–H and O–H groups in total. The third-order valence-corrected chi connectivity index (χ3v) is 1.96. The Morgan fingerprint density at radius 1 is 1.25 bits per heavy atom. The summed E-state index contributed by atoms with van der Waals surface area (Å²) in [7, 11) is 0. The second kappa shape index (κ2) is 5.05. The third-order valence-electron chi connectivity index (χ3n) is 1.96. The molecule has 0 saturated heterocycles. The number of aliphatic hydroxyl groups excluding tert-OH is 1. The minimum Gasteiger partial charge on any atom is -0.395 e. The van der Waals surface area contributed by atoms with E-state index in [4.69, 9.17) is 5.11 Å². The van der Waals surface area contributed by atoms with Crippen LogP contribution in [0.3, 0.4) is 0 Å². The number of benzene rings is 1. The highest BCUT2D eigenvalue weighted by Crippen LogP contribution is 2.13. The number of nitrogens with zero attached hydrogens (tertiary/aromatic N) is 3. The van der Waals surface area contributed by atoms with Gasteiger partial charge in [-0.2, -0.15) is 5.21 Å². The zero-order chi connectivity index (χ0) is 11.2. The van der Waals surface area contributed by atoms with Crippen molar-refractivity contribution < 1.29 is 5.11 Å². The normalized spacial score (nSPS) is 9.56. The molecule has 16 heavy (non-hydrogen) atoms. The summed E-state index contributed by atoms with van der Waals surface area (Å²) in [5, 5.41) is 22.2. The van der Waals surface area contributed by atoms with Gasteiger partial charge in [-0.3, -0.25) is 0 Å². The number of hydrogen-bond donors (Lipinski definition) is 2. The lowest BCUT2D eigenvalue weighted by Gasteiger charge is -1.94. The minimum absolute atomic E-state index is 0.0912. The Morgan fingerprint density at radius 2 is 2.06 bits per heavy atom. The van der Waals surface area contributed by atoms with Gasteiger partial charge in [0.15, 0.2) is 0 Å². The van der Waals surface area contributed by atoms with Crippen LogP contribution in [-0.4, -0.2) is 32.3 Å². The van der Waals surface area contributed by atoms with Gasteiger partial charge in [0, 0.05) is 17.5 Å². The van der Waals surface area contributed by atoms with Crippen LogP contribution in [0.25, 0.3) is 11.4 Å². The lowest BCUT2D eigenvalue weighted by Crippen LogP contribution is -1.82. The molecule has 2 rings (SSSR count). The maximum absolute atomic E-state index is 8.58. The summed E-state index contributed by atoms with van der Waals surface area (Å²) < 4.78 is 0. The van der Waals surface area contributed by atoms with Crippen LogP contribution in [0.15, 0.2) is 24.3 Å². The highest BCUT2D eigenvalue weighted by atomic mass is 16.2. The molecule has 1 aromatic carbocycles. The van der Waals surface area contributed by atoms with Gasteiger partial charge in [-0.15, -0.1) is 10.2 Å². The SMILES string of the molecule is OCCC#Cc1ccc(-c2nn[nH]n2)cc1. The molecule has 0 spiro atoms. The summed E-state index contributed by atoms with van der Waals surface area (Å²) in [4.78, 5) is 0. The third kappa shape index (κ3) is 2.43. The van der Waals surface area contributed by atoms with E-state index in [1.165, 1.54) is 0 Å². The number of tetrazole rings is 1. The van der Waals surface area contributed by atoms with Crippen LogP contribution in [0.2, 0.25) is 0 Å². The molecule has 0 radical (unpaired) electrons. The summed E-state index contributed by atoms with van der Waals surface area (Å²) in [6.45, 7) is 0.0912. The van der Waals surface area contributed by atoms with Crippen LogP contribution in [0.1, 0.15) is 12.0 Å². The van der Waals surface area contributed by atoms with Crippen LogP contribution in [0.4, 0.5) is 0 Å². The van der Waals surface area contributed by atoms with E-state index in [1.54, 1.807) is 0 Å². The lowest BCUT2D eigenvalue weighted by molar-refractivity contribution is 0.305. The van der Waals surface area contributed by atoms with E-state index in [9.17, 15) is 0 Å². The maximum Gasteiger partial charge on any atom is 0.204 e. The number of nitrogens with one attached hydrogen (secondary N) is 1. The zero-order valence-electron chi connectivity index (χ0n) is 8.51. The first-order chi connectivity index (χ1) is 7.90. The highest BCUT2D eigenvalue weighted by Gasteiger charge is 2.00. The topological polar surface area (TPSA) is 74.7 Å². The molecule has 2 aromatic rings. The Bertz CT molecular complexity index is 493. The molecular weight excluding hydrogens is 204 g/mol. The smallest absolute Gasteiger partial charge is 0.204 e. The number of aromatic amines is 1. The fourth-order valence-corrected chi connectivity index (χ4v) is 1.21. The van der Waals surface area contributed by atoms with Crippen molar-refractivity contribution in [2.45, 2.75) is 6.42 Å². The fourth-order valence-electron chi connectivity index (χ4n) is 1.21. The molecule has 0 aliphatic heterocycles. The van der Waals surface area contributed by atoms with Crippen molar-refractivity contribution in [2.24, 2.45) is 0 Å². The average molecular weight is 214 g/mol. The Kier molecular flexibility index (Phi) is 3.26. The number of hydrogen-bond acceptors (Lipinski definition) is 4. The molecule has 0 aliphatic rings. The molecule has 0 atom stereocenters. The average Bonchev–Trinajstić information content (AvgIpc) is 2.84. The summed E-state index contributed by atoms with van der Waals surface area (Å²) in [6.07, 6.45) is 0.493. The van der Waals surface area contributed by atoms with Crippen molar-refractivity contribution in [3.63, 3.8) is 0 Å². The molecule has 0 saturated carbocycles. The Morgan fingerprint density at radius 3 is 2.69 bits per heavy atom. The van der Waals surface area contributed by atoms with E-state index in [0.29, 0.717) is 12.2 Å². The quantitative estimate of drug-likeness (QED) is 0.718. The van der Waals surface area contributed by atoms with Gasteiger partial charge in [0.05, 0.1) is 6.61 Å². The number of H-pyrrole nitrogens is 1. The van der Waals surface area contributed by atoms with E-state index < -0.39 is 0 Å². The molecule has 5 nitrogen and oxygen atoms in total. The molecule has 1 aromatic heterocycles. The van der Waals surface area contributed by atoms with Gasteiger partial charge in [-0.05, 0) is 29.5 Å². The molecule has 0 bridgehead atoms. The monoisotopic (exact) mass is 214 g/mol. The van der Waals surface area contributed by atoms with Crippen LogP contribution in [-0.2, 0) is 0 Å². The standard InChI is InChI=1S/C11H10N4O/c16-8-2-1-3-9-4-6-10(7-5-9)11-12-14-15-13-11/h4-7,16H,2,8H2,(H,12,13,14,15).